The molecular formula is C35H53ClFN9O4S. The normalized spacial score (nSPS) is 23.7. The topological polar surface area (TPSA) is 127 Å². The number of halogens is 2. The van der Waals surface area contributed by atoms with E-state index in [4.69, 9.17) is 4.74 Å². The Labute approximate surface area is 307 Å². The number of piperidine rings is 2. The Kier molecular flexibility index (Phi) is 11.2. The first-order chi connectivity index (χ1) is 23.9. The lowest BCUT2D eigenvalue weighted by atomic mass is 9.72. The maximum atomic E-state index is 14.4. The van der Waals surface area contributed by atoms with Gasteiger partial charge in [0.15, 0.2) is 5.82 Å². The lowest BCUT2D eigenvalue weighted by molar-refractivity contribution is -0.0415. The molecule has 1 atom stereocenters. The molecule has 5 aliphatic rings. The van der Waals surface area contributed by atoms with E-state index in [9.17, 15) is 17.6 Å². The molecule has 0 saturated carbocycles. The highest BCUT2D eigenvalue weighted by molar-refractivity contribution is 7.86. The average Bonchev–Trinajstić information content (AvgIpc) is 3.52. The van der Waals surface area contributed by atoms with E-state index in [2.05, 4.69) is 30.3 Å². The third-order valence-electron chi connectivity index (χ3n) is 11.7. The van der Waals surface area contributed by atoms with Crippen LogP contribution in [0.2, 0.25) is 0 Å². The molecule has 5 fully saturated rings. The summed E-state index contributed by atoms with van der Waals surface area (Å²) in [4.78, 5) is 24.4. The van der Waals surface area contributed by atoms with Crippen molar-refractivity contribution in [3.05, 3.63) is 35.9 Å². The number of carbonyl (C=O) groups excluding carboxylic acids is 1. The second-order valence-electron chi connectivity index (χ2n) is 15.9. The molecular weight excluding hydrogens is 697 g/mol. The van der Waals surface area contributed by atoms with E-state index in [1.165, 1.54) is 24.5 Å². The van der Waals surface area contributed by atoms with Crippen LogP contribution in [0.25, 0.3) is 0 Å². The molecule has 282 valence electrons. The maximum absolute atomic E-state index is 14.4. The quantitative estimate of drug-likeness (QED) is 0.385. The van der Waals surface area contributed by atoms with Crippen LogP contribution < -0.4 is 15.0 Å². The highest BCUT2D eigenvalue weighted by atomic mass is 35.5. The van der Waals surface area contributed by atoms with Crippen LogP contribution in [-0.4, -0.2) is 132 Å². The van der Waals surface area contributed by atoms with Crippen LogP contribution in [0.4, 0.5) is 10.2 Å². The van der Waals surface area contributed by atoms with Crippen molar-refractivity contribution in [3.63, 3.8) is 0 Å². The third-order valence-corrected chi connectivity index (χ3v) is 13.8. The smallest absolute Gasteiger partial charge is 0.282 e. The van der Waals surface area contributed by atoms with E-state index in [1.54, 1.807) is 13.5 Å². The summed E-state index contributed by atoms with van der Waals surface area (Å²) in [5, 5.41) is 11.5. The van der Waals surface area contributed by atoms with Gasteiger partial charge in [0.25, 0.3) is 22.0 Å². The van der Waals surface area contributed by atoms with Crippen molar-refractivity contribution in [1.82, 2.24) is 38.9 Å². The first-order valence-corrected chi connectivity index (χ1v) is 19.7. The second-order valence-corrected chi connectivity index (χ2v) is 17.8. The summed E-state index contributed by atoms with van der Waals surface area (Å²) in [5.74, 6) is 0.540. The molecule has 2 aromatic rings. The fraction of sp³-hybridized carbons (Fsp3) is 0.714. The highest BCUT2D eigenvalue weighted by Crippen LogP contribution is 2.43. The van der Waals surface area contributed by atoms with Crippen molar-refractivity contribution >= 4 is 34.3 Å². The number of ether oxygens (including phenoxy) is 1. The number of carbonyl (C=O) groups is 1. The van der Waals surface area contributed by atoms with Crippen molar-refractivity contribution in [2.75, 3.05) is 76.9 Å². The summed E-state index contributed by atoms with van der Waals surface area (Å²) in [6.45, 7) is 16.8. The molecule has 16 heteroatoms. The Bertz CT molecular complexity index is 1650. The predicted octanol–water partition coefficient (Wildman–Crippen LogP) is 3.64. The summed E-state index contributed by atoms with van der Waals surface area (Å²) >= 11 is 0. The molecule has 0 unspecified atom stereocenters. The number of aromatic nitrogens is 3. The van der Waals surface area contributed by atoms with Gasteiger partial charge in [0.1, 0.15) is 17.9 Å². The van der Waals surface area contributed by atoms with E-state index in [-0.39, 0.29) is 53.0 Å². The Balaban J connectivity index is 0.00000448. The SMILES string of the molecule is CC(C)N(C(=O)c1cc(F)ccc1Oc1nncnc1N1CC[C@@H](CN2CC3(CCN(S(=O)(=O)N4CCC5(CC4)CNC5)CC3)C2)C1)C(C)C.Cl. The van der Waals surface area contributed by atoms with Gasteiger partial charge in [-0.2, -0.15) is 17.0 Å². The van der Waals surface area contributed by atoms with Crippen LogP contribution in [-0.2, 0) is 10.2 Å². The van der Waals surface area contributed by atoms with Crippen LogP contribution in [0.15, 0.2) is 24.5 Å². The third kappa shape index (κ3) is 7.70. The van der Waals surface area contributed by atoms with Crippen LogP contribution in [0.1, 0.15) is 70.2 Å². The van der Waals surface area contributed by atoms with E-state index in [1.807, 2.05) is 27.7 Å². The number of rotatable bonds is 10. The number of amides is 1. The lowest BCUT2D eigenvalue weighted by Gasteiger charge is -2.55. The minimum Gasteiger partial charge on any atom is -0.434 e. The van der Waals surface area contributed by atoms with Gasteiger partial charge < -0.3 is 24.8 Å². The van der Waals surface area contributed by atoms with Crippen molar-refractivity contribution < 1.29 is 22.3 Å². The number of anilines is 1. The summed E-state index contributed by atoms with van der Waals surface area (Å²) < 4.78 is 50.9. The van der Waals surface area contributed by atoms with Gasteiger partial charge in [-0.15, -0.1) is 22.6 Å². The standard InChI is InChI=1S/C35H52FN9O4S.ClH/c1-25(2)45(26(3)4)33(46)29-17-28(36)5-6-30(29)49-32-31(38-24-39-40-32)42-12-7-27(19-42)18-41-22-35(23-41)10-15-44(16-11-35)50(47,48)43-13-8-34(9-14-43)20-37-21-34;/h5-6,17,24-27,37H,7-16,18-23H2,1-4H3;1H/t27-;/m0./s1. The number of nitrogens with one attached hydrogen (secondary N) is 1. The molecule has 1 amide bonds. The molecule has 1 aromatic carbocycles. The van der Waals surface area contributed by atoms with Gasteiger partial charge in [-0.25, -0.2) is 9.37 Å². The molecule has 0 aliphatic carbocycles. The first-order valence-electron chi connectivity index (χ1n) is 18.3. The van der Waals surface area contributed by atoms with Crippen molar-refractivity contribution in [3.8, 4) is 11.6 Å². The number of nitrogens with zero attached hydrogens (tertiary/aromatic N) is 8. The molecule has 1 aromatic heterocycles. The Hall–Kier alpha value is -2.69. The van der Waals surface area contributed by atoms with E-state index in [0.29, 0.717) is 43.3 Å². The van der Waals surface area contributed by atoms with Gasteiger partial charge in [0, 0.05) is 84.1 Å². The number of likely N-dealkylation sites (tertiary alicyclic amines) is 1. The highest BCUT2D eigenvalue weighted by Gasteiger charge is 2.49. The van der Waals surface area contributed by atoms with E-state index >= 15 is 0 Å². The fourth-order valence-electron chi connectivity index (χ4n) is 8.87. The van der Waals surface area contributed by atoms with Gasteiger partial charge in [0.2, 0.25) is 0 Å². The van der Waals surface area contributed by atoms with Gasteiger partial charge >= 0.3 is 0 Å². The molecule has 2 spiro atoms. The zero-order chi connectivity index (χ0) is 35.3. The summed E-state index contributed by atoms with van der Waals surface area (Å²) in [6.07, 6.45) is 6.12. The van der Waals surface area contributed by atoms with Gasteiger partial charge in [0.05, 0.1) is 5.56 Å². The van der Waals surface area contributed by atoms with E-state index in [0.717, 1.165) is 77.9 Å². The summed E-state index contributed by atoms with van der Waals surface area (Å²) in [5.41, 5.74) is 0.658. The second kappa shape index (κ2) is 15.0. The fourth-order valence-corrected chi connectivity index (χ4v) is 10.5. The average molecular weight is 750 g/mol. The molecule has 5 saturated heterocycles. The minimum atomic E-state index is -3.40. The number of hydrogen-bond acceptors (Lipinski definition) is 10. The van der Waals surface area contributed by atoms with Crippen LogP contribution in [0.5, 0.6) is 11.6 Å². The molecule has 0 radical (unpaired) electrons. The van der Waals surface area contributed by atoms with Crippen LogP contribution >= 0.6 is 12.4 Å². The molecule has 5 aliphatic heterocycles. The molecule has 1 N–H and O–H groups in total. The molecule has 51 heavy (non-hydrogen) atoms. The van der Waals surface area contributed by atoms with Crippen LogP contribution in [0, 0.1) is 22.6 Å². The first kappa shape index (κ1) is 38.0. The van der Waals surface area contributed by atoms with Gasteiger partial charge in [-0.05, 0) is 94.7 Å². The van der Waals surface area contributed by atoms with Crippen molar-refractivity contribution in [2.45, 2.75) is 71.9 Å². The maximum Gasteiger partial charge on any atom is 0.282 e. The Morgan fingerprint density at radius 3 is 2.22 bits per heavy atom. The van der Waals surface area contributed by atoms with Crippen molar-refractivity contribution in [1.29, 1.82) is 0 Å². The van der Waals surface area contributed by atoms with E-state index < -0.39 is 16.0 Å². The summed E-state index contributed by atoms with van der Waals surface area (Å²) in [7, 11) is -3.40. The number of hydrogen-bond donors (Lipinski definition) is 1. The zero-order valence-electron chi connectivity index (χ0n) is 30.3. The Morgan fingerprint density at radius 1 is 1.00 bits per heavy atom. The van der Waals surface area contributed by atoms with Crippen molar-refractivity contribution in [2.24, 2.45) is 16.7 Å². The van der Waals surface area contributed by atoms with Gasteiger partial charge in [-0.3, -0.25) is 4.79 Å². The van der Waals surface area contributed by atoms with Gasteiger partial charge in [-0.1, -0.05) is 0 Å². The molecule has 13 nitrogen and oxygen atoms in total. The minimum absolute atomic E-state index is 0. The molecule has 6 heterocycles. The monoisotopic (exact) mass is 749 g/mol. The summed E-state index contributed by atoms with van der Waals surface area (Å²) in [6, 6.07) is 3.78. The zero-order valence-corrected chi connectivity index (χ0v) is 31.9. The molecule has 0 bridgehead atoms. The largest absolute Gasteiger partial charge is 0.434 e. The molecule has 7 rings (SSSR count). The van der Waals surface area contributed by atoms with Crippen LogP contribution in [0.3, 0.4) is 0 Å². The number of benzene rings is 1. The predicted molar refractivity (Wildman–Crippen MR) is 195 cm³/mol. The Morgan fingerprint density at radius 2 is 1.63 bits per heavy atom. The lowest BCUT2D eigenvalue weighted by Crippen LogP contribution is -2.63.